The Morgan fingerprint density at radius 1 is 1.17 bits per heavy atom. The number of amides is 2. The largest absolute Gasteiger partial charge is 0.489 e. The summed E-state index contributed by atoms with van der Waals surface area (Å²) in [5.74, 6) is -0.251. The van der Waals surface area contributed by atoms with Crippen molar-refractivity contribution in [1.29, 1.82) is 0 Å². The van der Waals surface area contributed by atoms with E-state index in [4.69, 9.17) is 9.94 Å². The van der Waals surface area contributed by atoms with Crippen molar-refractivity contribution < 1.29 is 24.6 Å². The number of fused-ring (bicyclic) bond motifs is 1. The molecule has 4 rings (SSSR count). The molecule has 1 saturated heterocycles. The van der Waals surface area contributed by atoms with Crippen LogP contribution in [0.15, 0.2) is 54.6 Å². The lowest BCUT2D eigenvalue weighted by molar-refractivity contribution is -0.130. The van der Waals surface area contributed by atoms with E-state index in [1.54, 1.807) is 29.7 Å². The molecule has 1 aromatic heterocycles. The monoisotopic (exact) mass is 492 g/mol. The predicted octanol–water partition coefficient (Wildman–Crippen LogP) is 2.43. The molecule has 3 aromatic rings. The van der Waals surface area contributed by atoms with E-state index in [9.17, 15) is 14.7 Å². The van der Waals surface area contributed by atoms with Crippen LogP contribution in [0, 0.1) is 12.8 Å². The van der Waals surface area contributed by atoms with E-state index in [0.29, 0.717) is 44.0 Å². The average molecular weight is 493 g/mol. The van der Waals surface area contributed by atoms with Gasteiger partial charge < -0.3 is 20.1 Å². The van der Waals surface area contributed by atoms with Crippen molar-refractivity contribution in [3.05, 3.63) is 71.4 Å². The van der Waals surface area contributed by atoms with E-state index in [0.717, 1.165) is 22.2 Å². The molecule has 2 aromatic carbocycles. The second kappa shape index (κ2) is 11.9. The number of aliphatic hydroxyl groups excluding tert-OH is 1. The number of benzene rings is 2. The first-order valence-electron chi connectivity index (χ1n) is 12.1. The zero-order valence-corrected chi connectivity index (χ0v) is 20.3. The van der Waals surface area contributed by atoms with Gasteiger partial charge in [0.1, 0.15) is 12.4 Å². The quantitative estimate of drug-likeness (QED) is 0.267. The van der Waals surface area contributed by atoms with Gasteiger partial charge in [-0.1, -0.05) is 18.2 Å². The van der Waals surface area contributed by atoms with Crippen LogP contribution in [-0.2, 0) is 11.4 Å². The minimum atomic E-state index is -0.497. The number of likely N-dealkylation sites (tertiary alicyclic amines) is 1. The van der Waals surface area contributed by atoms with E-state index in [2.05, 4.69) is 15.2 Å². The van der Waals surface area contributed by atoms with Gasteiger partial charge in [0.05, 0.1) is 12.1 Å². The Kier molecular flexibility index (Phi) is 8.48. The Bertz CT molecular complexity index is 1200. The number of hydroxylamine groups is 1. The van der Waals surface area contributed by atoms with Gasteiger partial charge >= 0.3 is 0 Å². The molecule has 9 nitrogen and oxygen atoms in total. The highest BCUT2D eigenvalue weighted by atomic mass is 16.5. The first-order valence-corrected chi connectivity index (χ1v) is 12.1. The zero-order valence-electron chi connectivity index (χ0n) is 20.3. The minimum absolute atomic E-state index is 0.0291. The molecule has 190 valence electrons. The Labute approximate surface area is 210 Å². The van der Waals surface area contributed by atoms with Crippen LogP contribution in [0.4, 0.5) is 0 Å². The van der Waals surface area contributed by atoms with Crippen LogP contribution in [0.5, 0.6) is 5.75 Å². The molecular formula is C27H32N4O5. The topological polar surface area (TPSA) is 124 Å². The number of piperidine rings is 1. The highest BCUT2D eigenvalue weighted by molar-refractivity contribution is 5.94. The first-order chi connectivity index (χ1) is 17.5. The van der Waals surface area contributed by atoms with Crippen molar-refractivity contribution in [2.24, 2.45) is 5.92 Å². The van der Waals surface area contributed by atoms with Gasteiger partial charge in [-0.25, -0.2) is 5.48 Å². The molecule has 2 amide bonds. The lowest BCUT2D eigenvalue weighted by Gasteiger charge is -2.38. The van der Waals surface area contributed by atoms with Crippen LogP contribution in [-0.4, -0.2) is 64.3 Å². The average Bonchev–Trinajstić information content (AvgIpc) is 2.89. The standard InChI is InChI=1S/C27H32N4O5/c1-18-14-21(23-4-2-3-5-25(23)28-18)17-36-22-8-6-19(7-9-22)27(34)29-24-10-11-31(12-13-32)16-20(24)15-26(33)30-35/h2-9,14,20,24,32,35H,10-13,15-17H2,1H3,(H,29,34)(H,30,33)/t20-,24+/m0/s1. The van der Waals surface area contributed by atoms with Crippen molar-refractivity contribution in [2.45, 2.75) is 32.4 Å². The third-order valence-corrected chi connectivity index (χ3v) is 6.56. The second-order valence-electron chi connectivity index (χ2n) is 9.14. The number of para-hydroxylation sites is 1. The number of nitrogens with one attached hydrogen (secondary N) is 2. The number of aromatic nitrogens is 1. The maximum absolute atomic E-state index is 12.9. The lowest BCUT2D eigenvalue weighted by Crippen LogP contribution is -2.52. The molecule has 0 saturated carbocycles. The number of carbonyl (C=O) groups excluding carboxylic acids is 2. The Balaban J connectivity index is 1.38. The van der Waals surface area contributed by atoms with Gasteiger partial charge in [-0.2, -0.15) is 0 Å². The summed E-state index contributed by atoms with van der Waals surface area (Å²) in [6, 6.07) is 16.7. The summed E-state index contributed by atoms with van der Waals surface area (Å²) < 4.78 is 5.99. The Morgan fingerprint density at radius 2 is 1.94 bits per heavy atom. The molecule has 1 aliphatic rings. The third kappa shape index (κ3) is 6.37. The number of ether oxygens (including phenoxy) is 1. The van der Waals surface area contributed by atoms with Crippen molar-refractivity contribution in [3.8, 4) is 5.75 Å². The van der Waals surface area contributed by atoms with E-state index >= 15 is 0 Å². The number of hydrogen-bond acceptors (Lipinski definition) is 7. The van der Waals surface area contributed by atoms with Crippen molar-refractivity contribution in [2.75, 3.05) is 26.2 Å². The van der Waals surface area contributed by atoms with Crippen LogP contribution in [0.25, 0.3) is 10.9 Å². The summed E-state index contributed by atoms with van der Waals surface area (Å²) in [7, 11) is 0. The SMILES string of the molecule is Cc1cc(COc2ccc(C(=O)N[C@@H]3CCN(CCO)C[C@@H]3CC(=O)NO)cc2)c2ccccc2n1. The zero-order chi connectivity index (χ0) is 25.5. The number of hydrogen-bond donors (Lipinski definition) is 4. The fourth-order valence-corrected chi connectivity index (χ4v) is 4.76. The van der Waals surface area contributed by atoms with Gasteiger partial charge in [-0.15, -0.1) is 0 Å². The molecule has 0 radical (unpaired) electrons. The molecule has 0 aliphatic carbocycles. The molecule has 36 heavy (non-hydrogen) atoms. The number of pyridine rings is 1. The number of rotatable bonds is 9. The molecular weight excluding hydrogens is 460 g/mol. The van der Waals surface area contributed by atoms with Gasteiger partial charge in [0.15, 0.2) is 0 Å². The molecule has 0 bridgehead atoms. The molecule has 1 fully saturated rings. The highest BCUT2D eigenvalue weighted by Crippen LogP contribution is 2.23. The summed E-state index contributed by atoms with van der Waals surface area (Å²) in [4.78, 5) is 31.3. The summed E-state index contributed by atoms with van der Waals surface area (Å²) >= 11 is 0. The molecule has 4 N–H and O–H groups in total. The van der Waals surface area contributed by atoms with Gasteiger partial charge in [0.2, 0.25) is 5.91 Å². The summed E-state index contributed by atoms with van der Waals surface area (Å²) in [6.45, 7) is 4.14. The molecule has 2 heterocycles. The number of nitrogens with zero attached hydrogens (tertiary/aromatic N) is 2. The molecule has 2 atom stereocenters. The number of aryl methyl sites for hydroxylation is 1. The van der Waals surface area contributed by atoms with Crippen LogP contribution in [0.2, 0.25) is 0 Å². The normalized spacial score (nSPS) is 18.1. The summed E-state index contributed by atoms with van der Waals surface area (Å²) in [5.41, 5.74) is 5.07. The van der Waals surface area contributed by atoms with Crippen molar-refractivity contribution >= 4 is 22.7 Å². The highest BCUT2D eigenvalue weighted by Gasteiger charge is 2.32. The predicted molar refractivity (Wildman–Crippen MR) is 135 cm³/mol. The van der Waals surface area contributed by atoms with E-state index < -0.39 is 5.91 Å². The van der Waals surface area contributed by atoms with Gasteiger partial charge in [0, 0.05) is 60.2 Å². The molecule has 0 spiro atoms. The summed E-state index contributed by atoms with van der Waals surface area (Å²) in [6.07, 6.45) is 0.731. The first kappa shape index (κ1) is 25.6. The van der Waals surface area contributed by atoms with Crippen molar-refractivity contribution in [1.82, 2.24) is 20.7 Å². The second-order valence-corrected chi connectivity index (χ2v) is 9.14. The van der Waals surface area contributed by atoms with Gasteiger partial charge in [-0.3, -0.25) is 19.8 Å². The maximum Gasteiger partial charge on any atom is 0.251 e. The van der Waals surface area contributed by atoms with Crippen LogP contribution >= 0.6 is 0 Å². The minimum Gasteiger partial charge on any atom is -0.489 e. The van der Waals surface area contributed by atoms with Crippen LogP contribution in [0.3, 0.4) is 0 Å². The summed E-state index contributed by atoms with van der Waals surface area (Å²) in [5, 5.41) is 22.3. The lowest BCUT2D eigenvalue weighted by atomic mass is 9.88. The van der Waals surface area contributed by atoms with Gasteiger partial charge in [0.25, 0.3) is 5.91 Å². The fraction of sp³-hybridized carbons (Fsp3) is 0.370. The van der Waals surface area contributed by atoms with Gasteiger partial charge in [-0.05, 0) is 49.7 Å². The number of aliphatic hydroxyl groups is 1. The Hall–Kier alpha value is -3.53. The van der Waals surface area contributed by atoms with Crippen LogP contribution in [0.1, 0.15) is 34.5 Å². The van der Waals surface area contributed by atoms with E-state index in [1.165, 1.54) is 0 Å². The molecule has 0 unspecified atom stereocenters. The fourth-order valence-electron chi connectivity index (χ4n) is 4.76. The van der Waals surface area contributed by atoms with E-state index in [1.807, 2.05) is 37.3 Å². The van der Waals surface area contributed by atoms with E-state index in [-0.39, 0.29) is 30.9 Å². The number of β-amino-alcohol motifs (C(OH)–C–C–N with tert-alkyl or cyclic N) is 1. The molecule has 1 aliphatic heterocycles. The maximum atomic E-state index is 12.9. The molecule has 9 heteroatoms. The Morgan fingerprint density at radius 3 is 2.69 bits per heavy atom. The smallest absolute Gasteiger partial charge is 0.251 e. The third-order valence-electron chi connectivity index (χ3n) is 6.56. The number of carbonyl (C=O) groups is 2. The van der Waals surface area contributed by atoms with Crippen LogP contribution < -0.4 is 15.5 Å². The van der Waals surface area contributed by atoms with Crippen molar-refractivity contribution in [3.63, 3.8) is 0 Å².